The maximum Gasteiger partial charge on any atom is 0.264 e. The molecule has 0 radical (unpaired) electrons. The van der Waals surface area contributed by atoms with Crippen LogP contribution < -0.4 is 9.62 Å². The summed E-state index contributed by atoms with van der Waals surface area (Å²) < 4.78 is 27.8. The van der Waals surface area contributed by atoms with Crippen LogP contribution in [0.1, 0.15) is 17.5 Å². The van der Waals surface area contributed by atoms with Crippen LogP contribution in [0.15, 0.2) is 77.7 Å². The van der Waals surface area contributed by atoms with E-state index in [1.807, 2.05) is 24.3 Å². The SMILES string of the molecule is Cc1ccc(Cl)cc1N(CC(=O)NCCCc1ccccc1Cl)S(=O)(=O)c1ccccc1. The number of carbonyl (C=O) groups is 1. The fourth-order valence-electron chi connectivity index (χ4n) is 3.26. The first kappa shape index (κ1) is 24.1. The maximum atomic E-state index is 13.4. The standard InChI is InChI=1S/C24H24Cl2N2O3S/c1-18-13-14-20(25)16-23(18)28(32(30,31)21-10-3-2-4-11-21)17-24(29)27-15-7-9-19-8-5-6-12-22(19)26/h2-6,8,10-14,16H,7,9,15,17H2,1H3,(H,27,29). The van der Waals surface area contributed by atoms with Crippen LogP contribution in [-0.2, 0) is 21.2 Å². The highest BCUT2D eigenvalue weighted by molar-refractivity contribution is 7.92. The number of nitrogens with one attached hydrogen (secondary N) is 1. The van der Waals surface area contributed by atoms with Gasteiger partial charge in [-0.1, -0.05) is 65.7 Å². The van der Waals surface area contributed by atoms with Crippen molar-refractivity contribution in [3.63, 3.8) is 0 Å². The molecule has 0 unspecified atom stereocenters. The Kier molecular flexibility index (Phi) is 8.18. The van der Waals surface area contributed by atoms with Gasteiger partial charge in [-0.05, 0) is 61.2 Å². The molecular formula is C24H24Cl2N2O3S. The lowest BCUT2D eigenvalue weighted by Gasteiger charge is -2.26. The molecule has 0 aliphatic carbocycles. The van der Waals surface area contributed by atoms with Crippen LogP contribution in [0.4, 0.5) is 5.69 Å². The number of halogens is 2. The zero-order chi connectivity index (χ0) is 23.1. The molecule has 0 saturated carbocycles. The van der Waals surface area contributed by atoms with E-state index in [-0.39, 0.29) is 11.4 Å². The Balaban J connectivity index is 1.75. The van der Waals surface area contributed by atoms with Gasteiger partial charge in [0.05, 0.1) is 10.6 Å². The Labute approximate surface area is 199 Å². The number of amides is 1. The highest BCUT2D eigenvalue weighted by atomic mass is 35.5. The van der Waals surface area contributed by atoms with Gasteiger partial charge in [0.1, 0.15) is 6.54 Å². The minimum atomic E-state index is -3.97. The van der Waals surface area contributed by atoms with Crippen LogP contribution in [0.25, 0.3) is 0 Å². The number of anilines is 1. The van der Waals surface area contributed by atoms with Crippen molar-refractivity contribution in [3.05, 3.63) is 94.0 Å². The predicted octanol–water partition coefficient (Wildman–Crippen LogP) is 5.25. The largest absolute Gasteiger partial charge is 0.355 e. The number of aryl methyl sites for hydroxylation is 2. The maximum absolute atomic E-state index is 13.4. The Bertz CT molecular complexity index is 1180. The second-order valence-corrected chi connectivity index (χ2v) is 10.0. The molecule has 3 rings (SSSR count). The second kappa shape index (κ2) is 10.9. The third-order valence-corrected chi connectivity index (χ3v) is 7.34. The van der Waals surface area contributed by atoms with Gasteiger partial charge in [0.15, 0.2) is 0 Å². The molecule has 1 amide bonds. The van der Waals surface area contributed by atoms with Gasteiger partial charge in [0.2, 0.25) is 5.91 Å². The van der Waals surface area contributed by atoms with Crippen molar-refractivity contribution < 1.29 is 13.2 Å². The average Bonchev–Trinajstić information content (AvgIpc) is 2.78. The molecule has 0 aliphatic rings. The Hall–Kier alpha value is -2.54. The van der Waals surface area contributed by atoms with Gasteiger partial charge in [-0.25, -0.2) is 8.42 Å². The summed E-state index contributed by atoms with van der Waals surface area (Å²) in [6.45, 7) is 1.82. The molecule has 1 N–H and O–H groups in total. The molecule has 0 saturated heterocycles. The van der Waals surface area contributed by atoms with Crippen LogP contribution >= 0.6 is 23.2 Å². The molecule has 0 atom stereocenters. The molecule has 0 fully saturated rings. The van der Waals surface area contributed by atoms with Crippen LogP contribution in [0.2, 0.25) is 10.0 Å². The van der Waals surface area contributed by atoms with E-state index in [1.165, 1.54) is 12.1 Å². The van der Waals surface area contributed by atoms with E-state index in [0.29, 0.717) is 40.7 Å². The van der Waals surface area contributed by atoms with Crippen LogP contribution in [-0.4, -0.2) is 27.4 Å². The number of carbonyl (C=O) groups excluding carboxylic acids is 1. The topological polar surface area (TPSA) is 66.5 Å². The number of hydrogen-bond acceptors (Lipinski definition) is 3. The van der Waals surface area contributed by atoms with Crippen molar-refractivity contribution in [2.75, 3.05) is 17.4 Å². The van der Waals surface area contributed by atoms with Crippen LogP contribution in [0, 0.1) is 6.92 Å². The van der Waals surface area contributed by atoms with Gasteiger partial charge in [0, 0.05) is 16.6 Å². The molecule has 168 valence electrons. The quantitative estimate of drug-likeness (QED) is 0.416. The van der Waals surface area contributed by atoms with Gasteiger partial charge in [-0.15, -0.1) is 0 Å². The van der Waals surface area contributed by atoms with Gasteiger partial charge in [-0.3, -0.25) is 9.10 Å². The number of sulfonamides is 1. The van der Waals surface area contributed by atoms with E-state index in [0.717, 1.165) is 9.87 Å². The first-order valence-corrected chi connectivity index (χ1v) is 12.3. The van der Waals surface area contributed by atoms with Crippen LogP contribution in [0.3, 0.4) is 0 Å². The molecule has 32 heavy (non-hydrogen) atoms. The Morgan fingerprint density at radius 1 is 0.969 bits per heavy atom. The van der Waals surface area contributed by atoms with Crippen molar-refractivity contribution in [1.82, 2.24) is 5.32 Å². The summed E-state index contributed by atoms with van der Waals surface area (Å²) >= 11 is 12.3. The lowest BCUT2D eigenvalue weighted by molar-refractivity contribution is -0.119. The summed E-state index contributed by atoms with van der Waals surface area (Å²) in [4.78, 5) is 12.8. The minimum Gasteiger partial charge on any atom is -0.355 e. The molecule has 3 aromatic carbocycles. The first-order valence-electron chi connectivity index (χ1n) is 10.1. The monoisotopic (exact) mass is 490 g/mol. The van der Waals surface area contributed by atoms with Crippen molar-refractivity contribution in [2.24, 2.45) is 0 Å². The minimum absolute atomic E-state index is 0.103. The number of rotatable bonds is 9. The Morgan fingerprint density at radius 3 is 2.38 bits per heavy atom. The van der Waals surface area contributed by atoms with E-state index in [9.17, 15) is 13.2 Å². The molecular weight excluding hydrogens is 467 g/mol. The summed E-state index contributed by atoms with van der Waals surface area (Å²) in [6, 6.07) is 20.6. The molecule has 0 aromatic heterocycles. The Morgan fingerprint density at radius 2 is 1.66 bits per heavy atom. The number of hydrogen-bond donors (Lipinski definition) is 1. The third-order valence-electron chi connectivity index (χ3n) is 4.96. The summed E-state index contributed by atoms with van der Waals surface area (Å²) in [5, 5.41) is 3.89. The average molecular weight is 491 g/mol. The van der Waals surface area contributed by atoms with Crippen molar-refractivity contribution in [1.29, 1.82) is 0 Å². The molecule has 0 bridgehead atoms. The zero-order valence-electron chi connectivity index (χ0n) is 17.6. The molecule has 0 aliphatic heterocycles. The fraction of sp³-hybridized carbons (Fsp3) is 0.208. The lowest BCUT2D eigenvalue weighted by atomic mass is 10.1. The smallest absolute Gasteiger partial charge is 0.264 e. The zero-order valence-corrected chi connectivity index (χ0v) is 19.9. The fourth-order valence-corrected chi connectivity index (χ4v) is 5.16. The first-order chi connectivity index (χ1) is 15.3. The number of nitrogens with zero attached hydrogens (tertiary/aromatic N) is 1. The second-order valence-electron chi connectivity index (χ2n) is 7.30. The van der Waals surface area contributed by atoms with E-state index in [2.05, 4.69) is 5.32 Å². The normalized spacial score (nSPS) is 11.2. The molecule has 0 spiro atoms. The van der Waals surface area contributed by atoms with Gasteiger partial charge in [0.25, 0.3) is 10.0 Å². The molecule has 0 heterocycles. The summed E-state index contributed by atoms with van der Waals surface area (Å²) in [7, 11) is -3.97. The number of benzene rings is 3. The van der Waals surface area contributed by atoms with E-state index >= 15 is 0 Å². The lowest BCUT2D eigenvalue weighted by Crippen LogP contribution is -2.41. The van der Waals surface area contributed by atoms with Crippen LogP contribution in [0.5, 0.6) is 0 Å². The summed E-state index contributed by atoms with van der Waals surface area (Å²) in [5.74, 6) is -0.400. The summed E-state index contributed by atoms with van der Waals surface area (Å²) in [5.41, 5.74) is 2.07. The highest BCUT2D eigenvalue weighted by Crippen LogP contribution is 2.29. The van der Waals surface area contributed by atoms with Crippen molar-refractivity contribution in [3.8, 4) is 0 Å². The van der Waals surface area contributed by atoms with Gasteiger partial charge in [-0.2, -0.15) is 0 Å². The van der Waals surface area contributed by atoms with Gasteiger partial charge < -0.3 is 5.32 Å². The van der Waals surface area contributed by atoms with Gasteiger partial charge >= 0.3 is 0 Å². The van der Waals surface area contributed by atoms with E-state index in [4.69, 9.17) is 23.2 Å². The van der Waals surface area contributed by atoms with Crippen molar-refractivity contribution >= 4 is 44.8 Å². The highest BCUT2D eigenvalue weighted by Gasteiger charge is 2.28. The van der Waals surface area contributed by atoms with E-state index in [1.54, 1.807) is 43.3 Å². The predicted molar refractivity (Wildman–Crippen MR) is 130 cm³/mol. The molecule has 8 heteroatoms. The third kappa shape index (κ3) is 6.03. The van der Waals surface area contributed by atoms with E-state index < -0.39 is 15.9 Å². The molecule has 5 nitrogen and oxygen atoms in total. The molecule has 3 aromatic rings. The van der Waals surface area contributed by atoms with Crippen molar-refractivity contribution in [2.45, 2.75) is 24.7 Å². The summed E-state index contributed by atoms with van der Waals surface area (Å²) in [6.07, 6.45) is 1.39.